The maximum absolute atomic E-state index is 11.9. The molecule has 0 saturated carbocycles. The van der Waals surface area contributed by atoms with Gasteiger partial charge in [-0.15, -0.1) is 0 Å². The first kappa shape index (κ1) is 17.3. The van der Waals surface area contributed by atoms with Crippen LogP contribution in [0.1, 0.15) is 20.8 Å². The van der Waals surface area contributed by atoms with Crippen molar-refractivity contribution in [3.8, 4) is 0 Å². The van der Waals surface area contributed by atoms with E-state index in [1.165, 1.54) is 16.8 Å². The summed E-state index contributed by atoms with van der Waals surface area (Å²) in [5, 5.41) is 19.5. The molecule has 1 aromatic heterocycles. The van der Waals surface area contributed by atoms with Crippen molar-refractivity contribution < 1.29 is 36.0 Å². The monoisotopic (exact) mass is 453 g/mol. The fourth-order valence-electron chi connectivity index (χ4n) is 2.41. The summed E-state index contributed by atoms with van der Waals surface area (Å²) in [6.45, 7) is 4.41. The zero-order chi connectivity index (χ0) is 14.4. The molecule has 110 valence electrons. The van der Waals surface area contributed by atoms with Crippen LogP contribution in [0, 0.1) is 5.92 Å². The largest absolute Gasteiger partial charge is 2.00 e. The number of aromatic nitrogens is 2. The first-order chi connectivity index (χ1) is 8.74. The summed E-state index contributed by atoms with van der Waals surface area (Å²) >= 11 is 0. The number of ether oxygens (including phenoxy) is 1. The second kappa shape index (κ2) is 5.56. The van der Waals surface area contributed by atoms with Crippen molar-refractivity contribution in [2.24, 2.45) is 0 Å². The summed E-state index contributed by atoms with van der Waals surface area (Å²) in [6.07, 6.45) is 0.293. The molecule has 20 heavy (non-hydrogen) atoms. The minimum Gasteiger partial charge on any atom is -0.422 e. The van der Waals surface area contributed by atoms with Gasteiger partial charge in [0.1, 0.15) is 0 Å². The number of aliphatic hydroxyl groups is 2. The van der Waals surface area contributed by atoms with E-state index in [0.29, 0.717) is 5.92 Å². The summed E-state index contributed by atoms with van der Waals surface area (Å²) in [5.74, 6) is 0.484. The zero-order valence-corrected chi connectivity index (χ0v) is 14.3. The minimum atomic E-state index is -1.22. The third-order valence-corrected chi connectivity index (χ3v) is 3.75. The molecule has 2 heterocycles. The van der Waals surface area contributed by atoms with Crippen LogP contribution in [0.4, 0.5) is 0 Å². The molecule has 2 rings (SSSR count). The van der Waals surface area contributed by atoms with Gasteiger partial charge in [0.25, 0.3) is 5.56 Å². The van der Waals surface area contributed by atoms with Crippen molar-refractivity contribution in [1.29, 1.82) is 0 Å². The normalized spacial score (nSPS) is 34.0. The average Bonchev–Trinajstić information content (AvgIpc) is 2.52. The Morgan fingerprint density at radius 1 is 1.50 bits per heavy atom. The van der Waals surface area contributed by atoms with E-state index in [-0.39, 0.29) is 27.7 Å². The van der Waals surface area contributed by atoms with Gasteiger partial charge in [0.05, 0.1) is 12.2 Å². The molecule has 1 fully saturated rings. The van der Waals surface area contributed by atoms with Crippen molar-refractivity contribution >= 4 is 0 Å². The molecule has 0 aliphatic carbocycles. The van der Waals surface area contributed by atoms with Gasteiger partial charge in [-0.1, -0.05) is 0 Å². The van der Waals surface area contributed by atoms with Gasteiger partial charge in [-0.3, -0.25) is 14.3 Å². The van der Waals surface area contributed by atoms with Gasteiger partial charge in [0.2, 0.25) is 0 Å². The van der Waals surface area contributed by atoms with E-state index in [1.807, 2.05) is 0 Å². The maximum atomic E-state index is 11.9. The zero-order valence-electron chi connectivity index (χ0n) is 11.4. The molecule has 1 saturated heterocycles. The van der Waals surface area contributed by atoms with Crippen LogP contribution in [-0.2, 0) is 31.5 Å². The molecule has 1 aliphatic rings. The van der Waals surface area contributed by atoms with Gasteiger partial charge in [-0.25, -0.2) is 10.7 Å². The molecule has 3 atom stereocenters. The molecule has 0 amide bonds. The molecule has 0 aromatic carbocycles. The number of aliphatic hydroxyl groups excluding tert-OH is 2. The number of H-pyrrole nitrogens is 1. The minimum absolute atomic E-state index is 0. The summed E-state index contributed by atoms with van der Waals surface area (Å²) in [5.41, 5.74) is -3.55. The number of rotatable bonds is 2. The molecule has 0 radical (unpaired) electrons. The van der Waals surface area contributed by atoms with Gasteiger partial charge < -0.3 is 14.9 Å². The quantitative estimate of drug-likeness (QED) is 0.496. The second-order valence-corrected chi connectivity index (χ2v) is 5.12. The van der Waals surface area contributed by atoms with Crippen LogP contribution in [0.25, 0.3) is 0 Å². The Hall–Kier alpha value is -0.752. The molecule has 8 heteroatoms. The number of aromatic amines is 1. The summed E-state index contributed by atoms with van der Waals surface area (Å²) in [6, 6.07) is 1.20. The van der Waals surface area contributed by atoms with Crippen molar-refractivity contribution in [2.45, 2.75) is 38.2 Å². The van der Waals surface area contributed by atoms with Crippen molar-refractivity contribution in [3.63, 3.8) is 0 Å². The Morgan fingerprint density at radius 2 is 2.10 bits per heavy atom. The maximum Gasteiger partial charge on any atom is 2.00 e. The van der Waals surface area contributed by atoms with Gasteiger partial charge in [-0.2, -0.15) is 6.92 Å². The molecule has 3 unspecified atom stereocenters. The van der Waals surface area contributed by atoms with E-state index in [9.17, 15) is 19.8 Å². The number of hydrogen-bond donors (Lipinski definition) is 3. The number of nitrogens with zero attached hydrogens (tertiary/aromatic N) is 1. The van der Waals surface area contributed by atoms with Gasteiger partial charge in [-0.05, 0) is 20.0 Å². The summed E-state index contributed by atoms with van der Waals surface area (Å²) < 4.78 is 6.91. The number of nitrogens with one attached hydrogen (secondary N) is 1. The third kappa shape index (κ3) is 2.43. The van der Waals surface area contributed by atoms with Crippen molar-refractivity contribution in [2.75, 3.05) is 6.61 Å². The molecule has 3 N–H and O–H groups in total. The second-order valence-electron chi connectivity index (χ2n) is 5.12. The molecule has 1 aliphatic heterocycles. The van der Waals surface area contributed by atoms with E-state index >= 15 is 0 Å². The van der Waals surface area contributed by atoms with Gasteiger partial charge in [0.15, 0.2) is 0 Å². The third-order valence-electron chi connectivity index (χ3n) is 3.75. The first-order valence-corrected chi connectivity index (χ1v) is 5.90. The predicted molar refractivity (Wildman–Crippen MR) is 66.5 cm³/mol. The standard InChI is InChI=1S/C12H17N2O5.W/c1-7-9(17)11(2,6-15)19-12(7,3)14-5-4-8(16)13-10(14)18;/h4-5,9,15,17H,6H2,1-3H3,(H,13,16,18);/q-1;+2. The Morgan fingerprint density at radius 3 is 2.55 bits per heavy atom. The predicted octanol–water partition coefficient (Wildman–Crippen LogP) is -1.06. The Balaban J connectivity index is 0.00000200. The van der Waals surface area contributed by atoms with E-state index < -0.39 is 28.7 Å². The van der Waals surface area contributed by atoms with E-state index in [2.05, 4.69) is 4.98 Å². The van der Waals surface area contributed by atoms with Crippen molar-refractivity contribution in [1.82, 2.24) is 9.55 Å². The number of hydrogen-bond acceptors (Lipinski definition) is 5. The van der Waals surface area contributed by atoms with Crippen LogP contribution in [0.15, 0.2) is 21.9 Å². The summed E-state index contributed by atoms with van der Waals surface area (Å²) in [7, 11) is 0. The molecular weight excluding hydrogens is 436 g/mol. The van der Waals surface area contributed by atoms with Crippen LogP contribution in [0.2, 0.25) is 0 Å². The Labute approximate surface area is 129 Å². The van der Waals surface area contributed by atoms with Crippen LogP contribution >= 0.6 is 0 Å². The van der Waals surface area contributed by atoms with Crippen LogP contribution in [-0.4, -0.2) is 38.1 Å². The Kier molecular flexibility index (Phi) is 4.81. The molecule has 7 nitrogen and oxygen atoms in total. The topological polar surface area (TPSA) is 105 Å². The SMILES string of the molecule is C[C-]1C(O)C(C)(CO)OC1(C)n1ccc(=O)[nH]c1=O.[W+2]. The fourth-order valence-corrected chi connectivity index (χ4v) is 2.41. The van der Waals surface area contributed by atoms with Crippen LogP contribution < -0.4 is 11.2 Å². The smallest absolute Gasteiger partial charge is 0.422 e. The van der Waals surface area contributed by atoms with Crippen LogP contribution in [0.3, 0.4) is 0 Å². The molecular formula is C12H17N2O5W+. The van der Waals surface area contributed by atoms with Gasteiger partial charge in [0, 0.05) is 18.0 Å². The molecule has 0 spiro atoms. The van der Waals surface area contributed by atoms with E-state index in [4.69, 9.17) is 4.74 Å². The Bertz CT molecular complexity index is 600. The van der Waals surface area contributed by atoms with Crippen molar-refractivity contribution in [3.05, 3.63) is 39.0 Å². The first-order valence-electron chi connectivity index (χ1n) is 5.90. The fraction of sp³-hybridized carbons (Fsp3) is 0.583. The summed E-state index contributed by atoms with van der Waals surface area (Å²) in [4.78, 5) is 25.1. The van der Waals surface area contributed by atoms with E-state index in [1.54, 1.807) is 20.8 Å². The molecule has 1 aromatic rings. The average molecular weight is 453 g/mol. The van der Waals surface area contributed by atoms with Gasteiger partial charge >= 0.3 is 26.8 Å². The van der Waals surface area contributed by atoms with Crippen LogP contribution in [0.5, 0.6) is 0 Å². The molecule has 0 bridgehead atoms. The van der Waals surface area contributed by atoms with E-state index in [0.717, 1.165) is 0 Å².